The van der Waals surface area contributed by atoms with Crippen LogP contribution in [0.1, 0.15) is 66.3 Å². The number of hydrogen-bond acceptors (Lipinski definition) is 8. The van der Waals surface area contributed by atoms with Crippen LogP contribution in [0.5, 0.6) is 0 Å². The van der Waals surface area contributed by atoms with E-state index < -0.39 is 21.2 Å². The number of halogens is 1. The van der Waals surface area contributed by atoms with Crippen molar-refractivity contribution in [2.45, 2.75) is 49.9 Å². The van der Waals surface area contributed by atoms with Gasteiger partial charge in [-0.05, 0) is 32.5 Å². The fraction of sp³-hybridized carbons (Fsp3) is 0.318. The first-order valence-corrected chi connectivity index (χ1v) is 21.4. The summed E-state index contributed by atoms with van der Waals surface area (Å²) < 4.78 is 2.42. The van der Waals surface area contributed by atoms with E-state index in [2.05, 4.69) is 44.3 Å². The number of imidazole rings is 1. The second kappa shape index (κ2) is 16.6. The Kier molecular flexibility index (Phi) is 11.2. The molecule has 3 aliphatic heterocycles. The fourth-order valence-corrected chi connectivity index (χ4v) is 10.9. The number of likely N-dealkylation sites (N-methyl/N-ethyl adjacent to an activating group) is 2. The predicted molar refractivity (Wildman–Crippen MR) is 215 cm³/mol. The molecule has 0 unspecified atom stereocenters. The molecule has 0 radical (unpaired) electrons. The first-order chi connectivity index (χ1) is 27.3. The molecular weight excluding hydrogens is 813 g/mol. The number of aromatic amines is 1. The van der Waals surface area contributed by atoms with Crippen LogP contribution in [0.3, 0.4) is 0 Å². The predicted octanol–water partition coefficient (Wildman–Crippen LogP) is 3.59. The number of hydrogen-bond donors (Lipinski definition) is 1. The molecule has 11 nitrogen and oxygen atoms in total. The zero-order valence-electron chi connectivity index (χ0n) is 32.2. The van der Waals surface area contributed by atoms with E-state index >= 15 is 0 Å². The van der Waals surface area contributed by atoms with Crippen molar-refractivity contribution in [1.29, 1.82) is 0 Å². The number of carbonyl (C=O) groups excluding carboxylic acids is 2. The number of rotatable bonds is 11. The fourth-order valence-electron chi connectivity index (χ4n) is 8.12. The van der Waals surface area contributed by atoms with Gasteiger partial charge >= 0.3 is 238 Å². The second-order valence-electron chi connectivity index (χ2n) is 15.0. The summed E-state index contributed by atoms with van der Waals surface area (Å²) in [6.45, 7) is 1.46. The minimum atomic E-state index is -0.504. The van der Waals surface area contributed by atoms with Crippen LogP contribution in [-0.2, 0) is 9.59 Å². The van der Waals surface area contributed by atoms with Gasteiger partial charge in [0, 0.05) is 6.54 Å². The van der Waals surface area contributed by atoms with Crippen molar-refractivity contribution in [2.24, 2.45) is 4.99 Å². The van der Waals surface area contributed by atoms with E-state index in [1.165, 1.54) is 7.30 Å². The van der Waals surface area contributed by atoms with Gasteiger partial charge in [-0.2, -0.15) is 0 Å². The van der Waals surface area contributed by atoms with E-state index in [4.69, 9.17) is 9.98 Å². The molecule has 5 heterocycles. The van der Waals surface area contributed by atoms with Crippen LogP contribution >= 0.6 is 0 Å². The molecule has 4 atom stereocenters. The number of aromatic nitrogens is 4. The number of carbonyl (C=O) groups is 2. The summed E-state index contributed by atoms with van der Waals surface area (Å²) in [5.41, 5.74) is 6.38. The maximum atomic E-state index is 13.9. The summed E-state index contributed by atoms with van der Waals surface area (Å²) in [5.74, 6) is 1.00. The van der Waals surface area contributed by atoms with E-state index in [0.29, 0.717) is 12.2 Å². The Morgan fingerprint density at radius 3 is 1.80 bits per heavy atom. The number of aliphatic imine (C=N–C) groups is 1. The van der Waals surface area contributed by atoms with Crippen LogP contribution < -0.4 is 21.2 Å². The van der Waals surface area contributed by atoms with Gasteiger partial charge in [0.1, 0.15) is 6.04 Å². The standard InChI is InChI=1S/C44H47IN9O2/c1-51(2)39(31-13-7-5-8-14-31)43(55)53-25-11-17-37(53)41-45-33(27-46-41)29-19-21-30(22-20-29)34-23-24-35(50-49-34)36-28-47-42(48-36)38-18-12-26-54(38)44(56)40(52(3)4)32-15-9-6-10-16-32/h5-10,13-16,19-24,27-28,37-40H,11-12,17-18,25-26H2,1-4H3,(H,47,48)/q-1/t37-,38-,39+,40+/m0/s1. The van der Waals surface area contributed by atoms with Crippen LogP contribution in [0.25, 0.3) is 26.2 Å². The molecule has 2 amide bonds. The molecule has 1 N–H and O–H groups in total. The summed E-state index contributed by atoms with van der Waals surface area (Å²) in [5, 5.41) is 9.14. The summed E-state index contributed by atoms with van der Waals surface area (Å²) in [6.07, 6.45) is 7.52. The molecule has 0 bridgehead atoms. The molecule has 2 saturated heterocycles. The van der Waals surface area contributed by atoms with E-state index in [9.17, 15) is 9.59 Å². The summed E-state index contributed by atoms with van der Waals surface area (Å²) in [7, 11) is 7.85. The third kappa shape index (κ3) is 7.69. The van der Waals surface area contributed by atoms with Crippen LogP contribution in [-0.4, -0.2) is 103 Å². The number of benzene rings is 3. The van der Waals surface area contributed by atoms with Crippen molar-refractivity contribution in [3.63, 3.8) is 0 Å². The molecule has 288 valence electrons. The van der Waals surface area contributed by atoms with Crippen molar-refractivity contribution in [1.82, 2.24) is 39.8 Å². The first kappa shape index (κ1) is 37.9. The van der Waals surface area contributed by atoms with Crippen LogP contribution in [0.2, 0.25) is 0 Å². The molecule has 12 heteroatoms. The van der Waals surface area contributed by atoms with Crippen molar-refractivity contribution in [3.8, 4) is 22.6 Å². The molecular formula is C44H47IN9O2-. The van der Waals surface area contributed by atoms with E-state index in [0.717, 1.165) is 71.7 Å². The SMILES string of the molecule is CN(C)[C@@H](C(=O)N1CCC[C@H]1C1=NC=C(c2ccc(-c3ccc(-c4cnc([C@@H]5CCCN5C(=O)[C@@H](c5ccccc5)N(C)C)[nH]4)nn3)cc2)[I-]1)c1ccccc1. The Hall–Kier alpha value is -5.05. The monoisotopic (exact) mass is 860 g/mol. The molecule has 0 spiro atoms. The van der Waals surface area contributed by atoms with Gasteiger partial charge in [-0.1, -0.05) is 30.3 Å². The molecule has 2 fully saturated rings. The topological polar surface area (TPSA) is 114 Å². The summed E-state index contributed by atoms with van der Waals surface area (Å²) >= 11 is -0.504. The molecule has 3 aromatic carbocycles. The van der Waals surface area contributed by atoms with Gasteiger partial charge in [0.05, 0.1) is 6.04 Å². The Balaban J connectivity index is 0.901. The zero-order chi connectivity index (χ0) is 38.8. The molecule has 2 aromatic heterocycles. The Bertz CT molecular complexity index is 2220. The van der Waals surface area contributed by atoms with Crippen LogP contribution in [0.15, 0.2) is 114 Å². The van der Waals surface area contributed by atoms with Crippen LogP contribution in [0.4, 0.5) is 0 Å². The van der Waals surface area contributed by atoms with E-state index in [1.807, 2.05) is 122 Å². The van der Waals surface area contributed by atoms with Gasteiger partial charge in [0.25, 0.3) is 0 Å². The number of amides is 2. The number of nitrogens with zero attached hydrogens (tertiary/aromatic N) is 8. The van der Waals surface area contributed by atoms with E-state index in [-0.39, 0.29) is 36.0 Å². The van der Waals surface area contributed by atoms with Gasteiger partial charge in [-0.25, -0.2) is 0 Å². The van der Waals surface area contributed by atoms with Gasteiger partial charge in [0.2, 0.25) is 5.91 Å². The molecule has 0 aliphatic carbocycles. The average Bonchev–Trinajstić information content (AvgIpc) is 4.06. The van der Waals surface area contributed by atoms with E-state index in [1.54, 1.807) is 6.20 Å². The first-order valence-electron chi connectivity index (χ1n) is 19.2. The second-order valence-corrected chi connectivity index (χ2v) is 17.8. The quantitative estimate of drug-likeness (QED) is 0.202. The maximum absolute atomic E-state index is 13.9. The number of nitrogens with one attached hydrogen (secondary N) is 1. The third-order valence-corrected chi connectivity index (χ3v) is 13.9. The van der Waals surface area contributed by atoms with Gasteiger partial charge in [-0.15, -0.1) is 0 Å². The normalized spacial score (nSPS) is 19.5. The van der Waals surface area contributed by atoms with Crippen molar-refractivity contribution in [3.05, 3.63) is 132 Å². The van der Waals surface area contributed by atoms with Crippen LogP contribution in [0, 0.1) is 0 Å². The average molecular weight is 861 g/mol. The minimum absolute atomic E-state index is 0.0592. The number of likely N-dealkylation sites (tertiary alicyclic amines) is 2. The van der Waals surface area contributed by atoms with Gasteiger partial charge < -0.3 is 4.90 Å². The molecule has 8 rings (SSSR count). The summed E-state index contributed by atoms with van der Waals surface area (Å²) in [4.78, 5) is 49.0. The molecule has 0 saturated carbocycles. The third-order valence-electron chi connectivity index (χ3n) is 10.9. The van der Waals surface area contributed by atoms with Crippen molar-refractivity contribution in [2.75, 3.05) is 41.3 Å². The van der Waals surface area contributed by atoms with Crippen molar-refractivity contribution >= 4 is 19.1 Å². The molecule has 5 aromatic rings. The molecule has 56 heavy (non-hydrogen) atoms. The van der Waals surface area contributed by atoms with Gasteiger partial charge in [0.15, 0.2) is 0 Å². The van der Waals surface area contributed by atoms with Gasteiger partial charge in [-0.3, -0.25) is 9.69 Å². The van der Waals surface area contributed by atoms with Crippen molar-refractivity contribution < 1.29 is 30.8 Å². The Labute approximate surface area is 338 Å². The number of H-pyrrole nitrogens is 1. The zero-order valence-corrected chi connectivity index (χ0v) is 34.4. The molecule has 3 aliphatic rings. The summed E-state index contributed by atoms with van der Waals surface area (Å²) in [6, 6.07) is 31.7. The Morgan fingerprint density at radius 1 is 0.696 bits per heavy atom. The Morgan fingerprint density at radius 2 is 1.23 bits per heavy atom.